The number of aromatic nitrogens is 1. The first-order chi connectivity index (χ1) is 24.7. The largest absolute Gasteiger partial charge is 0.467 e. The quantitative estimate of drug-likeness (QED) is 0.181. The number of ether oxygens (including phenoxy) is 5. The molecule has 0 aromatic carbocycles. The van der Waals surface area contributed by atoms with Crippen molar-refractivity contribution in [2.24, 2.45) is 28.2 Å². The molecule has 3 N–H and O–H groups in total. The third-order valence-corrected chi connectivity index (χ3v) is 10.4. The van der Waals surface area contributed by atoms with Crippen LogP contribution in [0, 0.1) is 23.2 Å². The Balaban J connectivity index is 1.53. The molecular weight excluding hydrogens is 668 g/mol. The molecule has 7 atom stereocenters. The molecule has 12 nitrogen and oxygen atoms in total. The Morgan fingerprint density at radius 3 is 2.52 bits per heavy atom. The second-order valence-electron chi connectivity index (χ2n) is 15.7. The Labute approximate surface area is 306 Å². The van der Waals surface area contributed by atoms with E-state index in [4.69, 9.17) is 28.7 Å². The molecule has 4 aliphatic rings. The zero-order valence-electron chi connectivity index (χ0n) is 31.6. The Hall–Kier alpha value is -3.74. The number of H-pyrrole nitrogens is 1. The van der Waals surface area contributed by atoms with E-state index in [1.807, 2.05) is 32.1 Å². The van der Waals surface area contributed by atoms with Crippen molar-refractivity contribution in [2.75, 3.05) is 26.4 Å². The summed E-state index contributed by atoms with van der Waals surface area (Å²) in [6, 6.07) is 3.31. The summed E-state index contributed by atoms with van der Waals surface area (Å²) < 4.78 is 30.3. The maximum absolute atomic E-state index is 13.7. The number of carbonyl (C=O) groups excluding carboxylic acids is 3. The number of esters is 3. The summed E-state index contributed by atoms with van der Waals surface area (Å²) in [7, 11) is 0. The highest BCUT2D eigenvalue weighted by Gasteiger charge is 2.57. The van der Waals surface area contributed by atoms with Crippen molar-refractivity contribution in [1.29, 1.82) is 0 Å². The van der Waals surface area contributed by atoms with Gasteiger partial charge in [-0.2, -0.15) is 0 Å². The van der Waals surface area contributed by atoms with Crippen LogP contribution in [0.2, 0.25) is 0 Å². The van der Waals surface area contributed by atoms with Crippen LogP contribution in [0.3, 0.4) is 0 Å². The molecule has 0 saturated carbocycles. The van der Waals surface area contributed by atoms with Crippen molar-refractivity contribution in [1.82, 2.24) is 4.98 Å². The van der Waals surface area contributed by atoms with Gasteiger partial charge in [-0.1, -0.05) is 39.3 Å². The van der Waals surface area contributed by atoms with Crippen LogP contribution in [0.1, 0.15) is 92.0 Å². The van der Waals surface area contributed by atoms with Crippen molar-refractivity contribution in [3.63, 3.8) is 0 Å². The number of aliphatic imine (C=N–C) groups is 1. The number of nitrogens with one attached hydrogen (secondary N) is 1. The molecule has 4 bridgehead atoms. The van der Waals surface area contributed by atoms with Crippen LogP contribution >= 0.6 is 0 Å². The molecular formula is C40H56N2O10. The topological polar surface area (TPSA) is 166 Å². The van der Waals surface area contributed by atoms with E-state index in [0.29, 0.717) is 49.0 Å². The van der Waals surface area contributed by atoms with Gasteiger partial charge in [-0.3, -0.25) is 14.4 Å². The van der Waals surface area contributed by atoms with E-state index >= 15 is 0 Å². The van der Waals surface area contributed by atoms with Gasteiger partial charge >= 0.3 is 17.9 Å². The Kier molecular flexibility index (Phi) is 12.9. The van der Waals surface area contributed by atoms with Gasteiger partial charge in [-0.05, 0) is 93.2 Å². The van der Waals surface area contributed by atoms with Gasteiger partial charge in [0.2, 0.25) is 5.90 Å². The number of aromatic amines is 1. The zero-order chi connectivity index (χ0) is 37.7. The van der Waals surface area contributed by atoms with Gasteiger partial charge in [0.25, 0.3) is 0 Å². The van der Waals surface area contributed by atoms with Crippen molar-refractivity contribution >= 4 is 23.8 Å². The standard InChI is InChI=1S/C40H56N2O10/c1-22(2)15-26-17-34(45)51-36-35(52-39(47)40(36,7)21-44)25(6)10-11-27-12-13-30(41-27)37-42-31(33(50-37)20-49-38(26)46)18-28-29(24(5)9-8-14-43)19-48-32(28)16-23(3)4/h10,12-13,18,22-23,26,31-33,35-36,41,43-44H,8-9,11,14-17,19-21H2,1-7H3/b25-10-,28-18-,29-24+/t26-,31?,32?,33?,35?,36?,40?/m0/s1. The minimum Gasteiger partial charge on any atom is -0.467 e. The molecule has 5 heterocycles. The summed E-state index contributed by atoms with van der Waals surface area (Å²) in [5, 5.41) is 19.7. The minimum absolute atomic E-state index is 0.0667. The van der Waals surface area contributed by atoms with Crippen LogP contribution in [-0.4, -0.2) is 95.9 Å². The van der Waals surface area contributed by atoms with Crippen LogP contribution in [0.25, 0.3) is 0 Å². The first-order valence-electron chi connectivity index (χ1n) is 18.6. The lowest BCUT2D eigenvalue weighted by atomic mass is 9.83. The number of aliphatic hydroxyl groups is 2. The molecule has 0 spiro atoms. The summed E-state index contributed by atoms with van der Waals surface area (Å²) >= 11 is 0. The number of fused-ring (bicyclic) bond motifs is 6. The monoisotopic (exact) mass is 724 g/mol. The number of hydrogen-bond acceptors (Lipinski definition) is 11. The van der Waals surface area contributed by atoms with Crippen LogP contribution in [-0.2, 0) is 44.5 Å². The Bertz CT molecular complexity index is 1600. The highest BCUT2D eigenvalue weighted by atomic mass is 16.6. The molecule has 12 heteroatoms. The zero-order valence-corrected chi connectivity index (χ0v) is 31.6. The number of hydrogen-bond donors (Lipinski definition) is 3. The van der Waals surface area contributed by atoms with E-state index in [1.54, 1.807) is 6.92 Å². The normalized spacial score (nSPS) is 32.8. The molecule has 0 amide bonds. The molecule has 4 aliphatic heterocycles. The molecule has 1 aromatic heterocycles. The fourth-order valence-corrected chi connectivity index (χ4v) is 7.32. The average molecular weight is 725 g/mol. The Morgan fingerprint density at radius 2 is 1.83 bits per heavy atom. The SMILES string of the molecule is C/C1=C/Cc2ccc([nH]2)C2=NC(/C=C3/C(=C(\C)CCCO)COC3CC(C)C)C(COC(=O)[C@@H](CC(C)C)CC(=O)OC3C1OC(=O)C3(C)CO)O2. The van der Waals surface area contributed by atoms with E-state index in [0.717, 1.165) is 35.3 Å². The maximum atomic E-state index is 13.7. The van der Waals surface area contributed by atoms with Gasteiger partial charge in [0.15, 0.2) is 18.3 Å². The molecule has 0 radical (unpaired) electrons. The van der Waals surface area contributed by atoms with E-state index in [2.05, 4.69) is 31.8 Å². The highest BCUT2D eigenvalue weighted by Crippen LogP contribution is 2.40. The van der Waals surface area contributed by atoms with Gasteiger partial charge in [-0.25, -0.2) is 4.99 Å². The minimum atomic E-state index is -1.47. The van der Waals surface area contributed by atoms with Gasteiger partial charge in [0.05, 0.1) is 31.7 Å². The third kappa shape index (κ3) is 8.89. The molecule has 286 valence electrons. The average Bonchev–Trinajstić information content (AvgIpc) is 3.87. The number of cyclic esters (lactones) is 1. The summed E-state index contributed by atoms with van der Waals surface area (Å²) in [6.45, 7) is 13.5. The van der Waals surface area contributed by atoms with Gasteiger partial charge in [-0.15, -0.1) is 0 Å². The van der Waals surface area contributed by atoms with Crippen LogP contribution < -0.4 is 0 Å². The van der Waals surface area contributed by atoms with E-state index in [-0.39, 0.29) is 31.7 Å². The molecule has 2 fully saturated rings. The molecule has 1 aromatic rings. The maximum Gasteiger partial charge on any atom is 0.318 e. The highest BCUT2D eigenvalue weighted by molar-refractivity contribution is 5.94. The fraction of sp³-hybridized carbons (Fsp3) is 0.650. The summed E-state index contributed by atoms with van der Waals surface area (Å²) in [5.41, 5.74) is 4.02. The number of carbonyl (C=O) groups is 3. The first-order valence-corrected chi connectivity index (χ1v) is 18.6. The molecule has 0 aliphatic carbocycles. The molecule has 52 heavy (non-hydrogen) atoms. The van der Waals surface area contributed by atoms with Gasteiger partial charge in [0, 0.05) is 18.7 Å². The van der Waals surface area contributed by atoms with Gasteiger partial charge < -0.3 is 38.9 Å². The number of nitrogens with zero attached hydrogens (tertiary/aromatic N) is 1. The van der Waals surface area contributed by atoms with Gasteiger partial charge in [0.1, 0.15) is 23.8 Å². The van der Waals surface area contributed by atoms with E-state index in [1.165, 1.54) is 6.92 Å². The lowest BCUT2D eigenvalue weighted by Crippen LogP contribution is -2.43. The lowest BCUT2D eigenvalue weighted by molar-refractivity contribution is -0.164. The van der Waals surface area contributed by atoms with E-state index in [9.17, 15) is 24.6 Å². The number of rotatable bonds is 9. The molecule has 5 rings (SSSR count). The lowest BCUT2D eigenvalue weighted by Gasteiger charge is -2.28. The Morgan fingerprint density at radius 1 is 1.08 bits per heavy atom. The number of allylic oxidation sites excluding steroid dienone is 2. The second-order valence-corrected chi connectivity index (χ2v) is 15.7. The van der Waals surface area contributed by atoms with E-state index < -0.39 is 60.2 Å². The van der Waals surface area contributed by atoms with Crippen LogP contribution in [0.15, 0.2) is 51.6 Å². The van der Waals surface area contributed by atoms with Crippen molar-refractivity contribution in [2.45, 2.75) is 117 Å². The first kappa shape index (κ1) is 39.5. The van der Waals surface area contributed by atoms with Crippen LogP contribution in [0.5, 0.6) is 0 Å². The third-order valence-electron chi connectivity index (χ3n) is 10.4. The molecule has 6 unspecified atom stereocenters. The van der Waals surface area contributed by atoms with Crippen molar-refractivity contribution in [3.05, 3.63) is 58.0 Å². The fourth-order valence-electron chi connectivity index (χ4n) is 7.32. The summed E-state index contributed by atoms with van der Waals surface area (Å²) in [4.78, 5) is 48.6. The smallest absolute Gasteiger partial charge is 0.318 e. The number of aliphatic hydroxyl groups excluding tert-OH is 2. The predicted molar refractivity (Wildman–Crippen MR) is 193 cm³/mol. The summed E-state index contributed by atoms with van der Waals surface area (Å²) in [5.74, 6) is -1.86. The van der Waals surface area contributed by atoms with Crippen LogP contribution in [0.4, 0.5) is 0 Å². The predicted octanol–water partition coefficient (Wildman–Crippen LogP) is 4.92. The van der Waals surface area contributed by atoms with Crippen molar-refractivity contribution in [3.8, 4) is 0 Å². The molecule has 2 saturated heterocycles. The van der Waals surface area contributed by atoms with Crippen molar-refractivity contribution < 1.29 is 48.3 Å². The second kappa shape index (κ2) is 16.9. The summed E-state index contributed by atoms with van der Waals surface area (Å²) in [6.07, 6.45) is 4.02.